The van der Waals surface area contributed by atoms with E-state index < -0.39 is 0 Å². The van der Waals surface area contributed by atoms with Crippen molar-refractivity contribution in [3.05, 3.63) is 47.2 Å². The number of rotatable bonds is 5. The Morgan fingerprint density at radius 1 is 1.10 bits per heavy atom. The van der Waals surface area contributed by atoms with Gasteiger partial charge in [0.2, 0.25) is 11.8 Å². The van der Waals surface area contributed by atoms with E-state index in [0.29, 0.717) is 18.3 Å². The fraction of sp³-hybridized carbons (Fsp3) is 0.500. The first-order valence-corrected chi connectivity index (χ1v) is 7.04. The standard InChI is InChI=1S/C16H23N3O/c1-12-6-5-7-13(10-12)8-9-14-18-19-15(20-14)11-17-16(2,3)4/h5-7,10,17H,8-9,11H2,1-4H3. The fourth-order valence-electron chi connectivity index (χ4n) is 1.92. The van der Waals surface area contributed by atoms with Gasteiger partial charge in [-0.1, -0.05) is 29.8 Å². The summed E-state index contributed by atoms with van der Waals surface area (Å²) in [7, 11) is 0. The van der Waals surface area contributed by atoms with Gasteiger partial charge < -0.3 is 9.73 Å². The lowest BCUT2D eigenvalue weighted by molar-refractivity contribution is 0.370. The van der Waals surface area contributed by atoms with Crippen molar-refractivity contribution in [1.29, 1.82) is 0 Å². The zero-order valence-electron chi connectivity index (χ0n) is 12.7. The summed E-state index contributed by atoms with van der Waals surface area (Å²) in [5.41, 5.74) is 2.64. The number of hydrogen-bond donors (Lipinski definition) is 1. The molecule has 0 saturated heterocycles. The van der Waals surface area contributed by atoms with Gasteiger partial charge in [-0.05, 0) is 39.7 Å². The highest BCUT2D eigenvalue weighted by Gasteiger charge is 2.12. The molecule has 1 aromatic heterocycles. The Bertz CT molecular complexity index is 555. The first-order valence-electron chi connectivity index (χ1n) is 7.04. The van der Waals surface area contributed by atoms with Gasteiger partial charge in [0.1, 0.15) is 0 Å². The lowest BCUT2D eigenvalue weighted by atomic mass is 10.1. The zero-order valence-corrected chi connectivity index (χ0v) is 12.7. The Kier molecular flexibility index (Phi) is 4.55. The normalized spacial score (nSPS) is 11.8. The molecule has 1 heterocycles. The summed E-state index contributed by atoms with van der Waals surface area (Å²) in [5, 5.41) is 11.5. The van der Waals surface area contributed by atoms with Crippen molar-refractivity contribution in [2.24, 2.45) is 0 Å². The van der Waals surface area contributed by atoms with Crippen molar-refractivity contribution < 1.29 is 4.42 Å². The predicted molar refractivity (Wildman–Crippen MR) is 79.5 cm³/mol. The van der Waals surface area contributed by atoms with Crippen LogP contribution in [-0.4, -0.2) is 15.7 Å². The molecule has 108 valence electrons. The molecule has 0 unspecified atom stereocenters. The molecule has 1 N–H and O–H groups in total. The second-order valence-electron chi connectivity index (χ2n) is 6.18. The molecule has 2 aromatic rings. The molecule has 0 aliphatic rings. The molecule has 0 aliphatic carbocycles. The van der Waals surface area contributed by atoms with E-state index in [9.17, 15) is 0 Å². The van der Waals surface area contributed by atoms with Crippen molar-refractivity contribution in [2.75, 3.05) is 0 Å². The Labute approximate surface area is 120 Å². The van der Waals surface area contributed by atoms with Crippen LogP contribution in [0.2, 0.25) is 0 Å². The summed E-state index contributed by atoms with van der Waals surface area (Å²) in [6.07, 6.45) is 1.71. The van der Waals surface area contributed by atoms with E-state index in [4.69, 9.17) is 4.42 Å². The van der Waals surface area contributed by atoms with Crippen LogP contribution in [0.3, 0.4) is 0 Å². The number of nitrogens with zero attached hydrogens (tertiary/aromatic N) is 2. The molecule has 0 radical (unpaired) electrons. The molecule has 20 heavy (non-hydrogen) atoms. The summed E-state index contributed by atoms with van der Waals surface area (Å²) in [4.78, 5) is 0. The highest BCUT2D eigenvalue weighted by atomic mass is 16.4. The monoisotopic (exact) mass is 273 g/mol. The van der Waals surface area contributed by atoms with Gasteiger partial charge in [0.25, 0.3) is 0 Å². The van der Waals surface area contributed by atoms with Gasteiger partial charge in [0, 0.05) is 12.0 Å². The van der Waals surface area contributed by atoms with Crippen LogP contribution >= 0.6 is 0 Å². The molecule has 1 aromatic carbocycles. The molecule has 0 amide bonds. The minimum atomic E-state index is 0.0518. The van der Waals surface area contributed by atoms with Crippen molar-refractivity contribution in [1.82, 2.24) is 15.5 Å². The Morgan fingerprint density at radius 2 is 1.85 bits per heavy atom. The third kappa shape index (κ3) is 4.78. The Balaban J connectivity index is 1.87. The number of aryl methyl sites for hydroxylation is 3. The van der Waals surface area contributed by atoms with Crippen LogP contribution in [0.5, 0.6) is 0 Å². The van der Waals surface area contributed by atoms with Crippen LogP contribution < -0.4 is 5.32 Å². The second kappa shape index (κ2) is 6.18. The van der Waals surface area contributed by atoms with E-state index in [-0.39, 0.29) is 5.54 Å². The highest BCUT2D eigenvalue weighted by Crippen LogP contribution is 2.09. The summed E-state index contributed by atoms with van der Waals surface area (Å²) < 4.78 is 5.65. The van der Waals surface area contributed by atoms with Gasteiger partial charge >= 0.3 is 0 Å². The molecule has 0 spiro atoms. The maximum absolute atomic E-state index is 5.65. The number of benzene rings is 1. The van der Waals surface area contributed by atoms with Gasteiger partial charge in [-0.25, -0.2) is 0 Å². The van der Waals surface area contributed by atoms with Crippen LogP contribution in [-0.2, 0) is 19.4 Å². The third-order valence-corrected chi connectivity index (χ3v) is 2.99. The Morgan fingerprint density at radius 3 is 2.55 bits per heavy atom. The topological polar surface area (TPSA) is 51.0 Å². The lowest BCUT2D eigenvalue weighted by Gasteiger charge is -2.18. The van der Waals surface area contributed by atoms with Crippen LogP contribution in [0.15, 0.2) is 28.7 Å². The molecule has 0 saturated carbocycles. The van der Waals surface area contributed by atoms with Crippen molar-refractivity contribution in [3.63, 3.8) is 0 Å². The van der Waals surface area contributed by atoms with Gasteiger partial charge in [0.15, 0.2) is 0 Å². The maximum atomic E-state index is 5.65. The smallest absolute Gasteiger partial charge is 0.230 e. The van der Waals surface area contributed by atoms with Crippen molar-refractivity contribution in [3.8, 4) is 0 Å². The quantitative estimate of drug-likeness (QED) is 0.909. The average molecular weight is 273 g/mol. The van der Waals surface area contributed by atoms with E-state index in [1.807, 2.05) is 0 Å². The number of hydrogen-bond acceptors (Lipinski definition) is 4. The number of nitrogens with one attached hydrogen (secondary N) is 1. The maximum Gasteiger partial charge on any atom is 0.230 e. The van der Waals surface area contributed by atoms with Gasteiger partial charge in [0.05, 0.1) is 6.54 Å². The van der Waals surface area contributed by atoms with Gasteiger partial charge in [-0.15, -0.1) is 10.2 Å². The van der Waals surface area contributed by atoms with E-state index in [1.54, 1.807) is 0 Å². The predicted octanol–water partition coefficient (Wildman–Crippen LogP) is 3.05. The largest absolute Gasteiger partial charge is 0.424 e. The first kappa shape index (κ1) is 14.7. The van der Waals surface area contributed by atoms with E-state index in [2.05, 4.69) is 67.5 Å². The fourth-order valence-corrected chi connectivity index (χ4v) is 1.92. The van der Waals surface area contributed by atoms with Crippen LogP contribution in [0, 0.1) is 6.92 Å². The average Bonchev–Trinajstić information content (AvgIpc) is 2.81. The van der Waals surface area contributed by atoms with E-state index in [0.717, 1.165) is 12.8 Å². The molecule has 2 rings (SSSR count). The van der Waals surface area contributed by atoms with Crippen molar-refractivity contribution in [2.45, 2.75) is 52.6 Å². The van der Waals surface area contributed by atoms with Gasteiger partial charge in [-0.2, -0.15) is 0 Å². The third-order valence-electron chi connectivity index (χ3n) is 2.99. The lowest BCUT2D eigenvalue weighted by Crippen LogP contribution is -2.35. The molecule has 0 fully saturated rings. The van der Waals surface area contributed by atoms with Crippen molar-refractivity contribution >= 4 is 0 Å². The van der Waals surface area contributed by atoms with Gasteiger partial charge in [-0.3, -0.25) is 0 Å². The summed E-state index contributed by atoms with van der Waals surface area (Å²) in [6.45, 7) is 9.06. The highest BCUT2D eigenvalue weighted by molar-refractivity contribution is 5.22. The molecular weight excluding hydrogens is 250 g/mol. The molecule has 4 nitrogen and oxygen atoms in total. The minimum Gasteiger partial charge on any atom is -0.424 e. The second-order valence-corrected chi connectivity index (χ2v) is 6.18. The SMILES string of the molecule is Cc1cccc(CCc2nnc(CNC(C)(C)C)o2)c1. The first-order chi connectivity index (χ1) is 9.42. The van der Waals surface area contributed by atoms with E-state index >= 15 is 0 Å². The summed E-state index contributed by atoms with van der Waals surface area (Å²) >= 11 is 0. The molecule has 0 atom stereocenters. The Hall–Kier alpha value is -1.68. The number of aromatic nitrogens is 2. The van der Waals surface area contributed by atoms with Crippen LogP contribution in [0.25, 0.3) is 0 Å². The molecule has 4 heteroatoms. The van der Waals surface area contributed by atoms with Crippen LogP contribution in [0.1, 0.15) is 43.7 Å². The minimum absolute atomic E-state index is 0.0518. The molecule has 0 aliphatic heterocycles. The zero-order chi connectivity index (χ0) is 14.6. The summed E-state index contributed by atoms with van der Waals surface area (Å²) in [6, 6.07) is 8.51. The van der Waals surface area contributed by atoms with E-state index in [1.165, 1.54) is 11.1 Å². The summed E-state index contributed by atoms with van der Waals surface area (Å²) in [5.74, 6) is 1.36. The van der Waals surface area contributed by atoms with Crippen LogP contribution in [0.4, 0.5) is 0 Å². The molecule has 0 bridgehead atoms. The molecular formula is C16H23N3O.